The summed E-state index contributed by atoms with van der Waals surface area (Å²) in [6.45, 7) is 18.6. The monoisotopic (exact) mass is 780 g/mol. The molecule has 1 heterocycles. The van der Waals surface area contributed by atoms with Gasteiger partial charge < -0.3 is 23.2 Å². The molecule has 0 bridgehead atoms. The Morgan fingerprint density at radius 3 is 1.64 bits per heavy atom. The van der Waals surface area contributed by atoms with Gasteiger partial charge in [-0.2, -0.15) is 0 Å². The van der Waals surface area contributed by atoms with E-state index in [4.69, 9.17) is 19.2 Å². The van der Waals surface area contributed by atoms with Crippen molar-refractivity contribution in [3.05, 3.63) is 121 Å². The zero-order chi connectivity index (χ0) is 40.8. The van der Waals surface area contributed by atoms with Gasteiger partial charge in [-0.15, -0.1) is 0 Å². The minimum atomic E-state index is -0.102. The van der Waals surface area contributed by atoms with Crippen LogP contribution in [0.15, 0.2) is 70.6 Å². The first-order chi connectivity index (χ1) is 26.5. The molecule has 300 valence electrons. The number of unbranched alkanes of at least 4 members (excludes halogenated alkanes) is 1. The normalized spacial score (nSPS) is 12.9. The summed E-state index contributed by atoms with van der Waals surface area (Å²) in [7, 11) is 11.8. The Balaban J connectivity index is 1.42. The number of rotatable bonds is 18. The number of methoxy groups -OCH3 is 3. The molecule has 0 radical (unpaired) electrons. The summed E-state index contributed by atoms with van der Waals surface area (Å²) in [6.07, 6.45) is 1.81. The predicted molar refractivity (Wildman–Crippen MR) is 233 cm³/mol. The van der Waals surface area contributed by atoms with Crippen LogP contribution in [-0.2, 0) is 25.4 Å². The Hall–Kier alpha value is -4.31. The number of hydrogen-bond acceptors (Lipinski definition) is 6. The van der Waals surface area contributed by atoms with Crippen molar-refractivity contribution in [1.82, 2.24) is 9.55 Å². The lowest BCUT2D eigenvalue weighted by molar-refractivity contribution is -0.968. The van der Waals surface area contributed by atoms with Crippen molar-refractivity contribution in [3.8, 4) is 17.2 Å². The van der Waals surface area contributed by atoms with E-state index >= 15 is 0 Å². The molecule has 56 heavy (non-hydrogen) atoms. The maximum atomic E-state index is 14.5. The Labute approximate surface area is 339 Å². The number of quaternary nitrogens is 2. The summed E-state index contributed by atoms with van der Waals surface area (Å²) in [6, 6.07) is 22.2. The number of aromatic nitrogens is 2. The molecule has 0 aliphatic carbocycles. The second-order valence-corrected chi connectivity index (χ2v) is 17.9. The molecule has 0 amide bonds. The molecule has 0 saturated carbocycles. The van der Waals surface area contributed by atoms with Gasteiger partial charge in [0.25, 0.3) is 5.56 Å². The highest BCUT2D eigenvalue weighted by Crippen LogP contribution is 2.42. The SMILES string of the molecule is COc1cc2c(=O)n(CCCC[N+](C)(CC[N+](C)(C)Cc3cc(C)cc(C)c3)Cc3cc(C)cc(C)c3)c(SCc3cc(C)cc(C)c3)nc2c(OC)c1OC. The van der Waals surface area contributed by atoms with Crippen molar-refractivity contribution in [3.63, 3.8) is 0 Å². The van der Waals surface area contributed by atoms with Crippen LogP contribution < -0.4 is 19.8 Å². The number of benzene rings is 4. The van der Waals surface area contributed by atoms with Crippen LogP contribution in [0.2, 0.25) is 0 Å². The molecule has 4 aromatic carbocycles. The highest BCUT2D eigenvalue weighted by atomic mass is 32.2. The minimum absolute atomic E-state index is 0.102. The van der Waals surface area contributed by atoms with Crippen LogP contribution in [0.4, 0.5) is 0 Å². The maximum absolute atomic E-state index is 14.5. The van der Waals surface area contributed by atoms with E-state index in [2.05, 4.69) is 117 Å². The van der Waals surface area contributed by atoms with Crippen molar-refractivity contribution >= 4 is 22.7 Å². The third-order valence-corrected chi connectivity index (χ3v) is 11.7. The molecule has 0 aliphatic rings. The van der Waals surface area contributed by atoms with E-state index in [1.54, 1.807) is 39.2 Å². The van der Waals surface area contributed by atoms with Crippen LogP contribution in [0.3, 0.4) is 0 Å². The number of ether oxygens (including phenoxy) is 3. The summed E-state index contributed by atoms with van der Waals surface area (Å²) < 4.78 is 20.8. The highest BCUT2D eigenvalue weighted by molar-refractivity contribution is 7.98. The lowest BCUT2D eigenvalue weighted by atomic mass is 10.1. The number of fused-ring (bicyclic) bond motifs is 1. The van der Waals surface area contributed by atoms with E-state index in [1.807, 2.05) is 4.57 Å². The first-order valence-electron chi connectivity index (χ1n) is 19.8. The lowest BCUT2D eigenvalue weighted by Crippen LogP contribution is -2.52. The fourth-order valence-corrected chi connectivity index (χ4v) is 9.24. The van der Waals surface area contributed by atoms with Gasteiger partial charge >= 0.3 is 0 Å². The molecule has 0 saturated heterocycles. The number of likely N-dealkylation sites (N-methyl/N-ethyl adjacent to an activating group) is 2. The van der Waals surface area contributed by atoms with Crippen LogP contribution in [0.25, 0.3) is 10.9 Å². The predicted octanol–water partition coefficient (Wildman–Crippen LogP) is 9.27. The van der Waals surface area contributed by atoms with Crippen molar-refractivity contribution < 1.29 is 23.2 Å². The number of thioether (sulfide) groups is 1. The molecule has 5 rings (SSSR count). The van der Waals surface area contributed by atoms with Gasteiger partial charge in [0.05, 0.1) is 54.4 Å². The molecule has 1 unspecified atom stereocenters. The third-order valence-electron chi connectivity index (χ3n) is 10.7. The number of nitrogens with zero attached hydrogens (tertiary/aromatic N) is 4. The van der Waals surface area contributed by atoms with Crippen LogP contribution in [0.1, 0.15) is 62.9 Å². The molecule has 5 aromatic rings. The zero-order valence-corrected chi connectivity index (χ0v) is 36.8. The highest BCUT2D eigenvalue weighted by Gasteiger charge is 2.28. The van der Waals surface area contributed by atoms with E-state index in [9.17, 15) is 4.79 Å². The van der Waals surface area contributed by atoms with E-state index < -0.39 is 0 Å². The van der Waals surface area contributed by atoms with Crippen LogP contribution >= 0.6 is 11.8 Å². The summed E-state index contributed by atoms with van der Waals surface area (Å²) in [5, 5.41) is 1.12. The average molecular weight is 781 g/mol. The van der Waals surface area contributed by atoms with Gasteiger partial charge in [-0.1, -0.05) is 99.7 Å². The van der Waals surface area contributed by atoms with Gasteiger partial charge in [0.15, 0.2) is 16.7 Å². The third kappa shape index (κ3) is 11.0. The second-order valence-electron chi connectivity index (χ2n) is 16.9. The summed E-state index contributed by atoms with van der Waals surface area (Å²) in [5.41, 5.74) is 12.0. The minimum Gasteiger partial charge on any atom is -0.493 e. The fraction of sp³-hybridized carbons (Fsp3) is 0.447. The van der Waals surface area contributed by atoms with Gasteiger partial charge in [0, 0.05) is 23.4 Å². The first-order valence-corrected chi connectivity index (χ1v) is 20.7. The van der Waals surface area contributed by atoms with Gasteiger partial charge in [0.2, 0.25) is 5.75 Å². The Morgan fingerprint density at radius 2 is 1.12 bits per heavy atom. The molecular formula is C47H64N4O4S+2. The summed E-state index contributed by atoms with van der Waals surface area (Å²) in [4.78, 5) is 19.6. The number of hydrogen-bond donors (Lipinski definition) is 0. The molecule has 0 N–H and O–H groups in total. The summed E-state index contributed by atoms with van der Waals surface area (Å²) in [5.74, 6) is 1.96. The van der Waals surface area contributed by atoms with Crippen molar-refractivity contribution in [2.75, 3.05) is 62.1 Å². The van der Waals surface area contributed by atoms with Crippen LogP contribution in [-0.4, -0.2) is 80.6 Å². The summed E-state index contributed by atoms with van der Waals surface area (Å²) >= 11 is 1.59. The van der Waals surface area contributed by atoms with E-state index in [0.29, 0.717) is 45.6 Å². The molecule has 1 atom stereocenters. The van der Waals surface area contributed by atoms with Gasteiger partial charge in [-0.3, -0.25) is 9.36 Å². The molecule has 8 nitrogen and oxygen atoms in total. The van der Waals surface area contributed by atoms with Gasteiger partial charge in [-0.25, -0.2) is 4.98 Å². The van der Waals surface area contributed by atoms with Crippen molar-refractivity contribution in [2.45, 2.75) is 84.9 Å². The van der Waals surface area contributed by atoms with Crippen molar-refractivity contribution in [2.24, 2.45) is 0 Å². The molecule has 0 fully saturated rings. The molecule has 0 spiro atoms. The quantitative estimate of drug-likeness (QED) is 0.0383. The second kappa shape index (κ2) is 18.3. The van der Waals surface area contributed by atoms with E-state index in [-0.39, 0.29) is 5.56 Å². The Bertz CT molecular complexity index is 2170. The van der Waals surface area contributed by atoms with Gasteiger partial charge in [0.1, 0.15) is 31.7 Å². The zero-order valence-electron chi connectivity index (χ0n) is 36.0. The average Bonchev–Trinajstić information content (AvgIpc) is 3.10. The Morgan fingerprint density at radius 1 is 0.607 bits per heavy atom. The van der Waals surface area contributed by atoms with E-state index in [1.165, 1.54) is 50.1 Å². The molecule has 0 aliphatic heterocycles. The molecule has 9 heteroatoms. The fourth-order valence-electron chi connectivity index (χ4n) is 8.29. The number of aryl methyl sites for hydroxylation is 6. The maximum Gasteiger partial charge on any atom is 0.262 e. The Kier molecular flexibility index (Phi) is 14.0. The standard InChI is InChI=1S/C47H64N4O4S/c1-32-19-33(2)23-38(22-32)29-50(7,8)17-18-51(9,30-39-24-34(3)20-35(4)25-39)16-14-13-15-49-46(52)41-28-42(53-10)44(54-11)45(55-12)43(41)48-47(49)56-31-40-26-36(5)21-37(6)27-40/h19-28H,13-18,29-31H2,1-12H3/q+2. The first kappa shape index (κ1) is 42.8. The van der Waals surface area contributed by atoms with Crippen LogP contribution in [0, 0.1) is 41.5 Å². The molecular weight excluding hydrogens is 717 g/mol. The lowest BCUT2D eigenvalue weighted by Gasteiger charge is -2.39. The van der Waals surface area contributed by atoms with Crippen LogP contribution in [0.5, 0.6) is 17.2 Å². The smallest absolute Gasteiger partial charge is 0.262 e. The van der Waals surface area contributed by atoms with Crippen molar-refractivity contribution in [1.29, 1.82) is 0 Å². The topological polar surface area (TPSA) is 62.6 Å². The largest absolute Gasteiger partial charge is 0.493 e. The molecule has 1 aromatic heterocycles. The van der Waals surface area contributed by atoms with Gasteiger partial charge in [-0.05, 0) is 66.0 Å². The van der Waals surface area contributed by atoms with E-state index in [0.717, 1.165) is 54.5 Å².